The number of ether oxygens (including phenoxy) is 1. The van der Waals surface area contributed by atoms with Crippen molar-refractivity contribution in [1.29, 1.82) is 0 Å². The van der Waals surface area contributed by atoms with Gasteiger partial charge in [-0.15, -0.1) is 0 Å². The van der Waals surface area contributed by atoms with Crippen LogP contribution in [0.15, 0.2) is 44.3 Å². The van der Waals surface area contributed by atoms with Crippen LogP contribution in [0.3, 0.4) is 0 Å². The molecule has 3 rings (SSSR count). The number of aliphatic hydroxyl groups is 2. The van der Waals surface area contributed by atoms with Gasteiger partial charge in [0.15, 0.2) is 5.78 Å². The van der Waals surface area contributed by atoms with Crippen molar-refractivity contribution in [3.05, 3.63) is 51.3 Å². The van der Waals surface area contributed by atoms with Crippen LogP contribution in [0, 0.1) is 0 Å². The first-order valence-corrected chi connectivity index (χ1v) is 7.13. The number of hydrogen-bond acceptors (Lipinski definition) is 7. The molecule has 7 heteroatoms. The number of ketones is 1. The molecule has 1 aliphatic carbocycles. The van der Waals surface area contributed by atoms with E-state index in [1.54, 1.807) is 0 Å². The summed E-state index contributed by atoms with van der Waals surface area (Å²) < 4.78 is 10.4. The molecule has 0 spiro atoms. The summed E-state index contributed by atoms with van der Waals surface area (Å²) in [5, 5.41) is 29.3. The molecule has 2 heterocycles. The molecule has 0 saturated heterocycles. The van der Waals surface area contributed by atoms with E-state index in [1.807, 2.05) is 0 Å². The Morgan fingerprint density at radius 2 is 2.09 bits per heavy atom. The zero-order valence-electron chi connectivity index (χ0n) is 12.4. The Morgan fingerprint density at radius 1 is 1.35 bits per heavy atom. The summed E-state index contributed by atoms with van der Waals surface area (Å²) in [5.41, 5.74) is 0.0149. The smallest absolute Gasteiger partial charge is 0.339 e. The Morgan fingerprint density at radius 3 is 2.78 bits per heavy atom. The molecule has 0 aromatic carbocycles. The summed E-state index contributed by atoms with van der Waals surface area (Å²) >= 11 is 0. The fraction of sp³-hybridized carbons (Fsp3) is 0.375. The van der Waals surface area contributed by atoms with Crippen molar-refractivity contribution in [3.8, 4) is 5.75 Å². The lowest BCUT2D eigenvalue weighted by Gasteiger charge is -2.35. The molecule has 0 saturated carbocycles. The molecule has 1 aliphatic heterocycles. The molecule has 3 N–H and O–H groups in total. The predicted octanol–water partition coefficient (Wildman–Crippen LogP) is 0.531. The van der Waals surface area contributed by atoms with Gasteiger partial charge in [-0.2, -0.15) is 0 Å². The van der Waals surface area contributed by atoms with Crippen molar-refractivity contribution in [1.82, 2.24) is 0 Å². The summed E-state index contributed by atoms with van der Waals surface area (Å²) in [6, 6.07) is 2.21. The summed E-state index contributed by atoms with van der Waals surface area (Å²) in [7, 11) is 0. The van der Waals surface area contributed by atoms with Crippen LogP contribution in [-0.2, 0) is 16.0 Å². The van der Waals surface area contributed by atoms with Crippen LogP contribution in [0.25, 0.3) is 0 Å². The maximum Gasteiger partial charge on any atom is 0.339 e. The van der Waals surface area contributed by atoms with E-state index in [-0.39, 0.29) is 47.9 Å². The van der Waals surface area contributed by atoms with Gasteiger partial charge in [0.25, 0.3) is 0 Å². The van der Waals surface area contributed by atoms with Crippen LogP contribution in [0.4, 0.5) is 0 Å². The van der Waals surface area contributed by atoms with Gasteiger partial charge in [0.2, 0.25) is 5.79 Å². The number of allylic oxidation sites excluding steroid dienone is 2. The van der Waals surface area contributed by atoms with Crippen molar-refractivity contribution >= 4 is 5.78 Å². The maximum atomic E-state index is 12.3. The Kier molecular flexibility index (Phi) is 3.62. The molecule has 1 unspecified atom stereocenters. The van der Waals surface area contributed by atoms with Gasteiger partial charge in [0.05, 0.1) is 24.2 Å². The minimum absolute atomic E-state index is 0.0385. The van der Waals surface area contributed by atoms with Gasteiger partial charge in [0.1, 0.15) is 17.3 Å². The van der Waals surface area contributed by atoms with Crippen molar-refractivity contribution in [2.45, 2.75) is 38.1 Å². The summed E-state index contributed by atoms with van der Waals surface area (Å²) in [6.45, 7) is 1.38. The number of carbonyl (C=O) groups is 1. The standard InChI is InChI=1S/C16H16O7/c1-16(21)7-12(19)15-8(2-9(17)5-13(15)23-16)3-11-4-10(18)6-14(20)22-11/h2,4,6,9,17-18,21H,3,5,7H2,1H3/t9?,16-/m0/s1. The maximum absolute atomic E-state index is 12.3. The number of rotatable bonds is 2. The molecule has 0 radical (unpaired) electrons. The molecule has 0 amide bonds. The van der Waals surface area contributed by atoms with E-state index in [9.17, 15) is 24.9 Å². The molecular formula is C16H16O7. The summed E-state index contributed by atoms with van der Waals surface area (Å²) in [4.78, 5) is 23.6. The van der Waals surface area contributed by atoms with Gasteiger partial charge in [-0.25, -0.2) is 4.79 Å². The normalized spacial score (nSPS) is 27.3. The number of aliphatic hydroxyl groups excluding tert-OH is 1. The van der Waals surface area contributed by atoms with E-state index in [0.717, 1.165) is 6.07 Å². The molecule has 122 valence electrons. The molecule has 23 heavy (non-hydrogen) atoms. The van der Waals surface area contributed by atoms with Gasteiger partial charge in [-0.3, -0.25) is 4.79 Å². The quantitative estimate of drug-likeness (QED) is 0.727. The zero-order valence-corrected chi connectivity index (χ0v) is 12.4. The van der Waals surface area contributed by atoms with Crippen molar-refractivity contribution in [2.75, 3.05) is 0 Å². The van der Waals surface area contributed by atoms with E-state index in [4.69, 9.17) is 9.15 Å². The summed E-state index contributed by atoms with van der Waals surface area (Å²) in [6.07, 6.45) is 0.532. The van der Waals surface area contributed by atoms with Gasteiger partial charge in [0, 0.05) is 25.8 Å². The fourth-order valence-electron chi connectivity index (χ4n) is 2.90. The third-order valence-corrected chi connectivity index (χ3v) is 3.67. The molecular weight excluding hydrogens is 304 g/mol. The average molecular weight is 320 g/mol. The summed E-state index contributed by atoms with van der Waals surface area (Å²) in [5.74, 6) is -1.77. The molecule has 2 atom stereocenters. The van der Waals surface area contributed by atoms with Gasteiger partial charge in [-0.1, -0.05) is 6.08 Å². The van der Waals surface area contributed by atoms with Crippen molar-refractivity contribution < 1.29 is 29.3 Å². The first kappa shape index (κ1) is 15.5. The lowest BCUT2D eigenvalue weighted by molar-refractivity contribution is -0.181. The average Bonchev–Trinajstić information content (AvgIpc) is 2.33. The number of aromatic hydroxyl groups is 1. The Hall–Kier alpha value is -2.38. The van der Waals surface area contributed by atoms with Gasteiger partial charge >= 0.3 is 5.63 Å². The van der Waals surface area contributed by atoms with Crippen molar-refractivity contribution in [3.63, 3.8) is 0 Å². The lowest BCUT2D eigenvalue weighted by Crippen LogP contribution is -2.39. The third-order valence-electron chi connectivity index (χ3n) is 3.67. The number of carbonyl (C=O) groups excluding carboxylic acids is 1. The second kappa shape index (κ2) is 5.36. The highest BCUT2D eigenvalue weighted by molar-refractivity contribution is 6.01. The Balaban J connectivity index is 1.99. The van der Waals surface area contributed by atoms with Crippen LogP contribution in [-0.4, -0.2) is 33.0 Å². The van der Waals surface area contributed by atoms with Crippen LogP contribution < -0.4 is 5.63 Å². The highest BCUT2D eigenvalue weighted by atomic mass is 16.6. The van der Waals surface area contributed by atoms with Crippen molar-refractivity contribution in [2.24, 2.45) is 0 Å². The fourth-order valence-corrected chi connectivity index (χ4v) is 2.90. The third kappa shape index (κ3) is 3.20. The van der Waals surface area contributed by atoms with E-state index in [2.05, 4.69) is 0 Å². The highest BCUT2D eigenvalue weighted by Crippen LogP contribution is 2.37. The van der Waals surface area contributed by atoms with Crippen LogP contribution >= 0.6 is 0 Å². The predicted molar refractivity (Wildman–Crippen MR) is 77.4 cm³/mol. The van der Waals surface area contributed by atoms with Gasteiger partial charge < -0.3 is 24.5 Å². The largest absolute Gasteiger partial charge is 0.508 e. The number of hydrogen-bond donors (Lipinski definition) is 3. The van der Waals surface area contributed by atoms with E-state index in [0.29, 0.717) is 5.57 Å². The van der Waals surface area contributed by atoms with E-state index >= 15 is 0 Å². The molecule has 0 fully saturated rings. The lowest BCUT2D eigenvalue weighted by atomic mass is 9.85. The second-order valence-corrected chi connectivity index (χ2v) is 5.92. The van der Waals surface area contributed by atoms with Gasteiger partial charge in [-0.05, 0) is 5.57 Å². The molecule has 2 aliphatic rings. The molecule has 1 aromatic rings. The van der Waals surface area contributed by atoms with E-state index in [1.165, 1.54) is 19.1 Å². The first-order chi connectivity index (χ1) is 10.7. The minimum Gasteiger partial charge on any atom is -0.508 e. The second-order valence-electron chi connectivity index (χ2n) is 5.92. The molecule has 1 aromatic heterocycles. The monoisotopic (exact) mass is 320 g/mol. The highest BCUT2D eigenvalue weighted by Gasteiger charge is 2.39. The number of Topliss-reactive ketones (excluding diaryl/α,β-unsaturated/α-hetero) is 1. The Bertz CT molecular complexity index is 782. The topological polar surface area (TPSA) is 117 Å². The van der Waals surface area contributed by atoms with E-state index < -0.39 is 17.5 Å². The first-order valence-electron chi connectivity index (χ1n) is 7.13. The van der Waals surface area contributed by atoms with Crippen LogP contribution in [0.1, 0.15) is 25.5 Å². The molecule has 7 nitrogen and oxygen atoms in total. The SMILES string of the molecule is C[C@@]1(O)CC(=O)C2=C(CC(O)C=C2Cc2cc(O)cc(=O)o2)O1. The zero-order chi connectivity index (χ0) is 16.8. The minimum atomic E-state index is -1.60. The molecule has 0 bridgehead atoms. The Labute approximate surface area is 131 Å². The van der Waals surface area contributed by atoms with Crippen LogP contribution in [0.2, 0.25) is 0 Å². The van der Waals surface area contributed by atoms with Crippen LogP contribution in [0.5, 0.6) is 5.75 Å².